The predicted molar refractivity (Wildman–Crippen MR) is 235 cm³/mol. The van der Waals surface area contributed by atoms with Crippen LogP contribution in [0.5, 0.6) is 11.5 Å². The fraction of sp³-hybridized carbons (Fsp3) is 0.0588. The van der Waals surface area contributed by atoms with Crippen molar-refractivity contribution >= 4 is 64.1 Å². The van der Waals surface area contributed by atoms with Gasteiger partial charge in [-0.2, -0.15) is 5.26 Å². The molecule has 0 aliphatic heterocycles. The zero-order valence-corrected chi connectivity index (χ0v) is 31.8. The lowest BCUT2D eigenvalue weighted by Gasteiger charge is -2.25. The number of rotatable bonds is 13. The molecule has 6 nitrogen and oxygen atoms in total. The maximum absolute atomic E-state index is 10.1. The van der Waals surface area contributed by atoms with Crippen LogP contribution in [0.4, 0.5) is 39.8 Å². The molecule has 0 aliphatic carbocycles. The molecule has 0 N–H and O–H groups in total. The van der Waals surface area contributed by atoms with Gasteiger partial charge in [0, 0.05) is 34.1 Å². The zero-order valence-electron chi connectivity index (χ0n) is 31.8. The van der Waals surface area contributed by atoms with Gasteiger partial charge in [-0.1, -0.05) is 85.0 Å². The molecule has 0 radical (unpaired) electrons. The first kappa shape index (κ1) is 37.5. The number of ether oxygens (including phenoxy) is 2. The van der Waals surface area contributed by atoms with E-state index in [9.17, 15) is 5.26 Å². The summed E-state index contributed by atoms with van der Waals surface area (Å²) < 4.78 is 11.0. The van der Waals surface area contributed by atoms with Crippen molar-refractivity contribution in [2.75, 3.05) is 23.5 Å². The standard InChI is InChI=1S/C51H40N4O2/c1-4-57-50-33-29-48(30-34-50)55(44-13-9-6-10-14-44)46-23-17-38(18-24-46)15-21-40-36-51(53-2)41(35-42(40)37-52)22-16-39-19-25-45(26-20-39)54(43-11-7-5-8-12-43)47-27-31-49(56-3)32-28-47/h5-36H,4H2,1,3H3. The van der Waals surface area contributed by atoms with Crippen molar-refractivity contribution in [3.8, 4) is 17.6 Å². The highest BCUT2D eigenvalue weighted by Gasteiger charge is 2.14. The van der Waals surface area contributed by atoms with Crippen molar-refractivity contribution in [1.82, 2.24) is 0 Å². The average molecular weight is 741 g/mol. The number of benzene rings is 7. The van der Waals surface area contributed by atoms with Crippen LogP contribution in [-0.2, 0) is 0 Å². The summed E-state index contributed by atoms with van der Waals surface area (Å²) in [5.41, 5.74) is 10.4. The molecule has 0 atom stereocenters. The second kappa shape index (κ2) is 18.0. The highest BCUT2D eigenvalue weighted by atomic mass is 16.5. The molecule has 0 amide bonds. The van der Waals surface area contributed by atoms with Gasteiger partial charge in [-0.05, 0) is 138 Å². The van der Waals surface area contributed by atoms with E-state index in [4.69, 9.17) is 16.0 Å². The van der Waals surface area contributed by atoms with E-state index in [1.165, 1.54) is 0 Å². The minimum absolute atomic E-state index is 0.473. The third-order valence-electron chi connectivity index (χ3n) is 9.42. The number of nitriles is 1. The van der Waals surface area contributed by atoms with Crippen molar-refractivity contribution < 1.29 is 9.47 Å². The molecule has 7 rings (SSSR count). The summed E-state index contributed by atoms with van der Waals surface area (Å²) in [5, 5.41) is 10.1. The monoisotopic (exact) mass is 740 g/mol. The quantitative estimate of drug-likeness (QED) is 0.0870. The molecule has 0 saturated heterocycles. The molecule has 7 aromatic rings. The Balaban J connectivity index is 1.10. The van der Waals surface area contributed by atoms with Crippen LogP contribution in [0.25, 0.3) is 29.1 Å². The highest BCUT2D eigenvalue weighted by molar-refractivity contribution is 5.84. The van der Waals surface area contributed by atoms with E-state index >= 15 is 0 Å². The summed E-state index contributed by atoms with van der Waals surface area (Å²) in [6, 6.07) is 59.0. The second-order valence-corrected chi connectivity index (χ2v) is 13.0. The van der Waals surface area contributed by atoms with Gasteiger partial charge in [-0.25, -0.2) is 4.85 Å². The first-order valence-corrected chi connectivity index (χ1v) is 18.7. The van der Waals surface area contributed by atoms with Crippen molar-refractivity contribution in [1.29, 1.82) is 5.26 Å². The predicted octanol–water partition coefficient (Wildman–Crippen LogP) is 13.8. The number of hydrogen-bond donors (Lipinski definition) is 0. The van der Waals surface area contributed by atoms with Crippen molar-refractivity contribution in [3.05, 3.63) is 209 Å². The fourth-order valence-corrected chi connectivity index (χ4v) is 6.57. The second-order valence-electron chi connectivity index (χ2n) is 13.0. The topological polar surface area (TPSA) is 53.1 Å². The molecule has 0 aromatic heterocycles. The lowest BCUT2D eigenvalue weighted by Crippen LogP contribution is -2.09. The van der Waals surface area contributed by atoms with Gasteiger partial charge in [0.2, 0.25) is 0 Å². The van der Waals surface area contributed by atoms with Gasteiger partial charge in [0.05, 0.1) is 31.9 Å². The lowest BCUT2D eigenvalue weighted by molar-refractivity contribution is 0.340. The molecule has 6 heteroatoms. The van der Waals surface area contributed by atoms with Crippen LogP contribution >= 0.6 is 0 Å². The van der Waals surface area contributed by atoms with E-state index in [0.29, 0.717) is 29.0 Å². The summed E-state index contributed by atoms with van der Waals surface area (Å²) in [5.74, 6) is 1.63. The van der Waals surface area contributed by atoms with E-state index in [0.717, 1.165) is 56.8 Å². The Kier molecular flexibility index (Phi) is 11.9. The Labute approximate surface area is 334 Å². The normalized spacial score (nSPS) is 10.9. The Morgan fingerprint density at radius 3 is 1.39 bits per heavy atom. The van der Waals surface area contributed by atoms with Crippen LogP contribution in [0.15, 0.2) is 170 Å². The molecule has 0 fully saturated rings. The molecular weight excluding hydrogens is 701 g/mol. The first-order chi connectivity index (χ1) is 28.1. The molecule has 0 bridgehead atoms. The summed E-state index contributed by atoms with van der Waals surface area (Å²) in [7, 11) is 1.66. The van der Waals surface area contributed by atoms with Gasteiger partial charge in [-0.15, -0.1) is 0 Å². The molecule has 0 saturated carbocycles. The number of nitrogens with zero attached hydrogens (tertiary/aromatic N) is 4. The summed E-state index contributed by atoms with van der Waals surface area (Å²) in [4.78, 5) is 8.20. The summed E-state index contributed by atoms with van der Waals surface area (Å²) >= 11 is 0. The largest absolute Gasteiger partial charge is 0.497 e. The van der Waals surface area contributed by atoms with Crippen LogP contribution in [0, 0.1) is 17.9 Å². The third-order valence-corrected chi connectivity index (χ3v) is 9.42. The van der Waals surface area contributed by atoms with Crippen LogP contribution in [-0.4, -0.2) is 13.7 Å². The van der Waals surface area contributed by atoms with Gasteiger partial charge in [-0.3, -0.25) is 0 Å². The van der Waals surface area contributed by atoms with Crippen LogP contribution in [0.2, 0.25) is 0 Å². The number of para-hydroxylation sites is 2. The molecule has 0 spiro atoms. The Bertz CT molecular complexity index is 2550. The van der Waals surface area contributed by atoms with Gasteiger partial charge >= 0.3 is 0 Å². The van der Waals surface area contributed by atoms with E-state index in [1.54, 1.807) is 19.2 Å². The fourth-order valence-electron chi connectivity index (χ4n) is 6.57. The minimum atomic E-state index is 0.473. The van der Waals surface area contributed by atoms with Crippen LogP contribution in [0.3, 0.4) is 0 Å². The number of anilines is 6. The average Bonchev–Trinajstić information content (AvgIpc) is 3.27. The third kappa shape index (κ3) is 8.95. The Morgan fingerprint density at radius 1 is 0.544 bits per heavy atom. The highest BCUT2D eigenvalue weighted by Crippen LogP contribution is 2.37. The Morgan fingerprint density at radius 2 is 0.965 bits per heavy atom. The van der Waals surface area contributed by atoms with Crippen molar-refractivity contribution in [2.45, 2.75) is 6.92 Å². The molecule has 7 aromatic carbocycles. The molecule has 276 valence electrons. The molecular formula is C51H40N4O2. The van der Waals surface area contributed by atoms with E-state index < -0.39 is 0 Å². The van der Waals surface area contributed by atoms with Crippen LogP contribution < -0.4 is 19.3 Å². The lowest BCUT2D eigenvalue weighted by atomic mass is 10.0. The van der Waals surface area contributed by atoms with E-state index in [2.05, 4.69) is 93.5 Å². The zero-order chi connectivity index (χ0) is 39.4. The van der Waals surface area contributed by atoms with Gasteiger partial charge in [0.1, 0.15) is 11.5 Å². The Hall–Kier alpha value is -7.80. The van der Waals surface area contributed by atoms with Crippen LogP contribution in [0.1, 0.15) is 34.7 Å². The van der Waals surface area contributed by atoms with Crippen molar-refractivity contribution in [3.63, 3.8) is 0 Å². The molecule has 0 unspecified atom stereocenters. The maximum Gasteiger partial charge on any atom is 0.194 e. The minimum Gasteiger partial charge on any atom is -0.497 e. The molecule has 57 heavy (non-hydrogen) atoms. The molecule has 0 aliphatic rings. The molecule has 0 heterocycles. The SMILES string of the molecule is [C-]#[N+]c1cc(C=Cc2ccc(N(c3ccccc3)c3ccc(OCC)cc3)cc2)c(C#N)cc1C=Cc1ccc(N(c2ccccc2)c2ccc(OC)cc2)cc1. The summed E-state index contributed by atoms with van der Waals surface area (Å²) in [6.07, 6.45) is 7.74. The smallest absolute Gasteiger partial charge is 0.194 e. The first-order valence-electron chi connectivity index (χ1n) is 18.7. The van der Waals surface area contributed by atoms with Gasteiger partial charge in [0.15, 0.2) is 5.69 Å². The van der Waals surface area contributed by atoms with Gasteiger partial charge < -0.3 is 19.3 Å². The number of hydrogen-bond acceptors (Lipinski definition) is 5. The van der Waals surface area contributed by atoms with Gasteiger partial charge in [0.25, 0.3) is 0 Å². The number of methoxy groups -OCH3 is 1. The van der Waals surface area contributed by atoms with E-state index in [-0.39, 0.29) is 0 Å². The summed E-state index contributed by atoms with van der Waals surface area (Å²) in [6.45, 7) is 10.5. The van der Waals surface area contributed by atoms with E-state index in [1.807, 2.05) is 116 Å². The maximum atomic E-state index is 10.1. The van der Waals surface area contributed by atoms with Crippen molar-refractivity contribution in [2.24, 2.45) is 0 Å².